The summed E-state index contributed by atoms with van der Waals surface area (Å²) in [5.74, 6) is 1.74. The number of hydrogen-bond donors (Lipinski definition) is 0. The highest BCUT2D eigenvalue weighted by molar-refractivity contribution is 6.30. The molecule has 31 heavy (non-hydrogen) atoms. The number of ether oxygens (including phenoxy) is 2. The number of halogens is 1. The molecule has 0 atom stereocenters. The summed E-state index contributed by atoms with van der Waals surface area (Å²) in [7, 11) is 0. The summed E-state index contributed by atoms with van der Waals surface area (Å²) in [4.78, 5) is 16.5. The van der Waals surface area contributed by atoms with Gasteiger partial charge in [0.05, 0.1) is 23.0 Å². The fourth-order valence-corrected chi connectivity index (χ4v) is 3.01. The average Bonchev–Trinajstić information content (AvgIpc) is 3.38. The molecule has 2 aromatic carbocycles. The second-order valence-corrected chi connectivity index (χ2v) is 7.25. The number of carbonyl (C=O) groups excluding carboxylic acids is 1. The van der Waals surface area contributed by atoms with Crippen LogP contribution < -0.4 is 4.74 Å². The van der Waals surface area contributed by atoms with Crippen molar-refractivity contribution in [2.75, 3.05) is 0 Å². The first kappa shape index (κ1) is 20.7. The summed E-state index contributed by atoms with van der Waals surface area (Å²) >= 11 is 5.89. The van der Waals surface area contributed by atoms with Gasteiger partial charge in [0.2, 0.25) is 5.89 Å². The first-order chi connectivity index (χ1) is 15.0. The van der Waals surface area contributed by atoms with Crippen LogP contribution in [-0.2, 0) is 18.0 Å². The molecule has 2 heterocycles. The Hall–Kier alpha value is -3.58. The molecule has 2 aromatic heterocycles. The topological polar surface area (TPSA) is 87.6 Å². The fourth-order valence-electron chi connectivity index (χ4n) is 2.89. The molecule has 0 unspecified atom stereocenters. The second kappa shape index (κ2) is 9.06. The van der Waals surface area contributed by atoms with Crippen LogP contribution in [0.1, 0.15) is 33.3 Å². The third-order valence-corrected chi connectivity index (χ3v) is 4.92. The van der Waals surface area contributed by atoms with Crippen molar-refractivity contribution in [2.45, 2.75) is 27.1 Å². The van der Waals surface area contributed by atoms with Crippen LogP contribution in [0, 0.1) is 13.8 Å². The molecule has 0 saturated heterocycles. The number of nitrogens with zero attached hydrogens (tertiary/aromatic N) is 2. The van der Waals surface area contributed by atoms with Crippen LogP contribution in [0.4, 0.5) is 0 Å². The molecule has 0 spiro atoms. The maximum atomic E-state index is 12.3. The van der Waals surface area contributed by atoms with Gasteiger partial charge in [0.1, 0.15) is 18.1 Å². The number of benzene rings is 2. The van der Waals surface area contributed by atoms with Gasteiger partial charge in [0.25, 0.3) is 0 Å². The van der Waals surface area contributed by atoms with Crippen molar-refractivity contribution < 1.29 is 23.2 Å². The molecule has 7 nitrogen and oxygen atoms in total. The van der Waals surface area contributed by atoms with Gasteiger partial charge in [-0.1, -0.05) is 16.8 Å². The number of aromatic nitrogens is 2. The second-order valence-electron chi connectivity index (χ2n) is 6.82. The minimum absolute atomic E-state index is 0.0727. The van der Waals surface area contributed by atoms with E-state index < -0.39 is 5.97 Å². The minimum Gasteiger partial charge on any atom is -0.489 e. The molecule has 0 radical (unpaired) electrons. The number of carbonyl (C=O) groups is 1. The molecule has 0 aliphatic heterocycles. The molecule has 0 amide bonds. The largest absolute Gasteiger partial charge is 0.489 e. The van der Waals surface area contributed by atoms with Crippen molar-refractivity contribution in [3.63, 3.8) is 0 Å². The lowest BCUT2D eigenvalue weighted by atomic mass is 10.2. The lowest BCUT2D eigenvalue weighted by Gasteiger charge is -2.07. The minimum atomic E-state index is -0.483. The van der Waals surface area contributed by atoms with Gasteiger partial charge in [-0.25, -0.2) is 9.78 Å². The predicted molar refractivity (Wildman–Crippen MR) is 113 cm³/mol. The van der Waals surface area contributed by atoms with E-state index in [1.165, 1.54) is 0 Å². The lowest BCUT2D eigenvalue weighted by molar-refractivity contribution is 0.0439. The van der Waals surface area contributed by atoms with E-state index in [-0.39, 0.29) is 6.61 Å². The smallest absolute Gasteiger partial charge is 0.338 e. The molecule has 0 aliphatic carbocycles. The van der Waals surface area contributed by atoms with Crippen LogP contribution in [0.3, 0.4) is 0 Å². The molecule has 0 N–H and O–H groups in total. The predicted octanol–water partition coefficient (Wildman–Crippen LogP) is 5.54. The van der Waals surface area contributed by atoms with Crippen LogP contribution in [0.5, 0.6) is 5.75 Å². The van der Waals surface area contributed by atoms with Crippen LogP contribution in [0.15, 0.2) is 63.7 Å². The Morgan fingerprint density at radius 2 is 1.77 bits per heavy atom. The third-order valence-electron chi connectivity index (χ3n) is 4.66. The summed E-state index contributed by atoms with van der Waals surface area (Å²) in [5.41, 5.74) is 2.94. The highest BCUT2D eigenvalue weighted by atomic mass is 35.5. The Morgan fingerprint density at radius 3 is 2.45 bits per heavy atom. The maximum Gasteiger partial charge on any atom is 0.338 e. The van der Waals surface area contributed by atoms with Crippen molar-refractivity contribution in [3.8, 4) is 17.1 Å². The van der Waals surface area contributed by atoms with Gasteiger partial charge in [0, 0.05) is 10.6 Å². The van der Waals surface area contributed by atoms with E-state index in [4.69, 9.17) is 30.0 Å². The van der Waals surface area contributed by atoms with Gasteiger partial charge < -0.3 is 18.4 Å². The molecule has 0 aliphatic rings. The van der Waals surface area contributed by atoms with E-state index in [0.29, 0.717) is 34.6 Å². The molecular formula is C23H19ClN2O5. The van der Waals surface area contributed by atoms with Crippen LogP contribution in [-0.4, -0.2) is 16.1 Å². The molecule has 4 rings (SSSR count). The number of oxazole rings is 1. The van der Waals surface area contributed by atoms with E-state index in [9.17, 15) is 4.79 Å². The first-order valence-corrected chi connectivity index (χ1v) is 9.90. The Balaban J connectivity index is 1.31. The summed E-state index contributed by atoms with van der Waals surface area (Å²) in [6, 6.07) is 13.9. The molecule has 0 bridgehead atoms. The Bertz CT molecular complexity index is 1160. The van der Waals surface area contributed by atoms with Crippen molar-refractivity contribution in [1.82, 2.24) is 10.1 Å². The van der Waals surface area contributed by atoms with Crippen LogP contribution in [0.2, 0.25) is 5.02 Å². The zero-order chi connectivity index (χ0) is 21.8. The van der Waals surface area contributed by atoms with Gasteiger partial charge in [-0.2, -0.15) is 0 Å². The average molecular weight is 439 g/mol. The number of rotatable bonds is 7. The molecule has 0 saturated carbocycles. The normalized spacial score (nSPS) is 10.8. The number of hydrogen-bond acceptors (Lipinski definition) is 7. The fraction of sp³-hybridized carbons (Fsp3) is 0.174. The number of aryl methyl sites for hydroxylation is 2. The van der Waals surface area contributed by atoms with E-state index in [1.807, 2.05) is 26.0 Å². The van der Waals surface area contributed by atoms with E-state index in [1.54, 1.807) is 42.6 Å². The van der Waals surface area contributed by atoms with Crippen molar-refractivity contribution in [2.24, 2.45) is 0 Å². The zero-order valence-electron chi connectivity index (χ0n) is 16.9. The lowest BCUT2D eigenvalue weighted by Crippen LogP contribution is -2.05. The standard InChI is InChI=1S/C23H19ClN2O5/c1-14-20(15(2)31-26-14)12-28-19-9-5-17(6-10-19)23(27)29-13-22-25-11-21(30-22)16-3-7-18(24)8-4-16/h3-11H,12-13H2,1-2H3. The molecule has 158 valence electrons. The number of esters is 1. The van der Waals surface area contributed by atoms with E-state index in [2.05, 4.69) is 10.1 Å². The quantitative estimate of drug-likeness (QED) is 0.350. The molecular weight excluding hydrogens is 420 g/mol. The van der Waals surface area contributed by atoms with Gasteiger partial charge >= 0.3 is 5.97 Å². The van der Waals surface area contributed by atoms with Crippen LogP contribution in [0.25, 0.3) is 11.3 Å². The van der Waals surface area contributed by atoms with Gasteiger partial charge in [-0.05, 0) is 62.4 Å². The summed E-state index contributed by atoms with van der Waals surface area (Å²) < 4.78 is 21.8. The zero-order valence-corrected chi connectivity index (χ0v) is 17.7. The first-order valence-electron chi connectivity index (χ1n) is 9.52. The van der Waals surface area contributed by atoms with Gasteiger partial charge in [-0.3, -0.25) is 0 Å². The maximum absolute atomic E-state index is 12.3. The Labute approximate surface area is 183 Å². The highest BCUT2D eigenvalue weighted by Gasteiger charge is 2.13. The van der Waals surface area contributed by atoms with Gasteiger partial charge in [-0.15, -0.1) is 0 Å². The molecule has 8 heteroatoms. The summed E-state index contributed by atoms with van der Waals surface area (Å²) in [5, 5.41) is 4.54. The summed E-state index contributed by atoms with van der Waals surface area (Å²) in [6.07, 6.45) is 1.58. The third kappa shape index (κ3) is 4.95. The molecule has 4 aromatic rings. The van der Waals surface area contributed by atoms with Crippen molar-refractivity contribution in [1.29, 1.82) is 0 Å². The highest BCUT2D eigenvalue weighted by Crippen LogP contribution is 2.23. The Morgan fingerprint density at radius 1 is 1.03 bits per heavy atom. The van der Waals surface area contributed by atoms with Gasteiger partial charge in [0.15, 0.2) is 12.4 Å². The monoisotopic (exact) mass is 438 g/mol. The summed E-state index contributed by atoms with van der Waals surface area (Å²) in [6.45, 7) is 3.96. The van der Waals surface area contributed by atoms with E-state index >= 15 is 0 Å². The van der Waals surface area contributed by atoms with Crippen molar-refractivity contribution in [3.05, 3.63) is 88.2 Å². The molecule has 0 fully saturated rings. The van der Waals surface area contributed by atoms with E-state index in [0.717, 1.165) is 22.6 Å². The Kier molecular flexibility index (Phi) is 6.04. The SMILES string of the molecule is Cc1noc(C)c1COc1ccc(C(=O)OCc2ncc(-c3ccc(Cl)cc3)o2)cc1. The van der Waals surface area contributed by atoms with Crippen LogP contribution >= 0.6 is 11.6 Å². The van der Waals surface area contributed by atoms with Crippen molar-refractivity contribution >= 4 is 17.6 Å².